The van der Waals surface area contributed by atoms with Crippen molar-refractivity contribution < 1.29 is 63.3 Å². The molecule has 14 heteroatoms. The van der Waals surface area contributed by atoms with Gasteiger partial charge in [0.15, 0.2) is 0 Å². The van der Waals surface area contributed by atoms with Crippen molar-refractivity contribution in [3.63, 3.8) is 0 Å². The fourth-order valence-electron chi connectivity index (χ4n) is 0.284. The summed E-state index contributed by atoms with van der Waals surface area (Å²) in [4.78, 5) is 40.2. The monoisotopic (exact) mass is 316 g/mol. The molecule has 14 heavy (non-hydrogen) atoms. The Labute approximate surface area is 87.3 Å². The van der Waals surface area contributed by atoms with Gasteiger partial charge in [-0.1, -0.05) is 0 Å². The third-order valence-corrected chi connectivity index (χ3v) is 3.77. The Morgan fingerprint density at radius 2 is 0.929 bits per heavy atom. The van der Waals surface area contributed by atoms with Crippen LogP contribution in [0.4, 0.5) is 0 Å². The predicted octanol–water partition coefficient (Wildman–Crippen LogP) is -0.697. The summed E-state index contributed by atoms with van der Waals surface area (Å²) in [7, 11) is -16.2. The SMILES string of the molecule is O=P(O)(O)OP(=O)(O)OP(=O)(O)O.[Ni]. The molecule has 10 nitrogen and oxygen atoms in total. The molecule has 5 N–H and O–H groups in total. The van der Waals surface area contributed by atoms with Crippen LogP contribution in [-0.4, -0.2) is 24.5 Å². The second kappa shape index (κ2) is 5.30. The average Bonchev–Trinajstić information content (AvgIpc) is 1.43. The molecule has 0 saturated carbocycles. The molecule has 0 saturated heterocycles. The number of hydrogen-bond donors (Lipinski definition) is 5. The zero-order chi connectivity index (χ0) is 10.9. The van der Waals surface area contributed by atoms with Crippen LogP contribution in [0.15, 0.2) is 0 Å². The second-order valence-electron chi connectivity index (χ2n) is 1.61. The molecule has 0 aromatic carbocycles. The quantitative estimate of drug-likeness (QED) is 0.330. The van der Waals surface area contributed by atoms with Crippen LogP contribution >= 0.6 is 23.5 Å². The normalized spacial score (nSPS) is 13.5. The molecular weight excluding hydrogens is 312 g/mol. The zero-order valence-electron chi connectivity index (χ0n) is 5.94. The molecule has 0 amide bonds. The van der Waals surface area contributed by atoms with E-state index in [9.17, 15) is 13.7 Å². The van der Waals surface area contributed by atoms with Crippen molar-refractivity contribution in [2.24, 2.45) is 0 Å². The number of hydrogen-bond acceptors (Lipinski definition) is 5. The van der Waals surface area contributed by atoms with E-state index in [0.717, 1.165) is 0 Å². The molecule has 0 radical (unpaired) electrons. The molecule has 0 heterocycles. The summed E-state index contributed by atoms with van der Waals surface area (Å²) in [5.74, 6) is 0. The van der Waals surface area contributed by atoms with Gasteiger partial charge in [-0.25, -0.2) is 13.7 Å². The van der Waals surface area contributed by atoms with Gasteiger partial charge in [0.25, 0.3) is 0 Å². The van der Waals surface area contributed by atoms with Crippen molar-refractivity contribution >= 4 is 23.5 Å². The number of phosphoric acid groups is 3. The van der Waals surface area contributed by atoms with Crippen molar-refractivity contribution in [1.82, 2.24) is 0 Å². The largest absolute Gasteiger partial charge is 0.490 e. The first-order valence-corrected chi connectivity index (χ1v) is 6.83. The molecule has 0 aliphatic carbocycles. The third kappa shape index (κ3) is 11.0. The zero-order valence-corrected chi connectivity index (χ0v) is 9.61. The Morgan fingerprint density at radius 3 is 1.07 bits per heavy atom. The van der Waals surface area contributed by atoms with Crippen LogP contribution in [0.3, 0.4) is 0 Å². The van der Waals surface area contributed by atoms with E-state index in [4.69, 9.17) is 24.5 Å². The molecule has 0 rings (SSSR count). The van der Waals surface area contributed by atoms with Gasteiger partial charge in [0.2, 0.25) is 0 Å². The molecule has 0 aromatic heterocycles. The van der Waals surface area contributed by atoms with E-state index in [1.54, 1.807) is 0 Å². The first-order valence-electron chi connectivity index (χ1n) is 2.28. The molecule has 90 valence electrons. The topological polar surface area (TPSA) is 171 Å². The summed E-state index contributed by atoms with van der Waals surface area (Å²) in [5, 5.41) is 0. The Bertz CT molecular complexity index is 277. The smallest absolute Gasteiger partial charge is 0.302 e. The van der Waals surface area contributed by atoms with Crippen LogP contribution in [0.25, 0.3) is 0 Å². The van der Waals surface area contributed by atoms with Crippen LogP contribution in [0.5, 0.6) is 0 Å². The molecule has 0 bridgehead atoms. The first kappa shape index (κ1) is 17.3. The van der Waals surface area contributed by atoms with Gasteiger partial charge < -0.3 is 24.5 Å². The van der Waals surface area contributed by atoms with Gasteiger partial charge in [-0.2, -0.15) is 8.62 Å². The standard InChI is InChI=1S/Ni.H5O10P3/c;1-11(2,3)9-13(7,8)10-12(4,5)6/h;(H,7,8)(H2,1,2,3)(H2,4,5,6). The van der Waals surface area contributed by atoms with Crippen LogP contribution in [-0.2, 0) is 38.8 Å². The summed E-state index contributed by atoms with van der Waals surface area (Å²) in [6.45, 7) is 0. The maximum absolute atomic E-state index is 10.4. The van der Waals surface area contributed by atoms with Crippen LogP contribution < -0.4 is 0 Å². The maximum atomic E-state index is 10.4. The average molecular weight is 317 g/mol. The molecule has 0 unspecified atom stereocenters. The molecule has 0 fully saturated rings. The van der Waals surface area contributed by atoms with Gasteiger partial charge >= 0.3 is 23.5 Å². The van der Waals surface area contributed by atoms with E-state index in [2.05, 4.69) is 8.62 Å². The van der Waals surface area contributed by atoms with Crippen molar-refractivity contribution in [2.75, 3.05) is 0 Å². The molecule has 0 aromatic rings. The first-order chi connectivity index (χ1) is 5.41. The molecule has 0 atom stereocenters. The van der Waals surface area contributed by atoms with Gasteiger partial charge in [0, 0.05) is 16.5 Å². The molecule has 0 aliphatic rings. The van der Waals surface area contributed by atoms with Crippen LogP contribution in [0.1, 0.15) is 0 Å². The minimum atomic E-state index is -5.46. The van der Waals surface area contributed by atoms with Crippen molar-refractivity contribution in [3.8, 4) is 0 Å². The third-order valence-electron chi connectivity index (χ3n) is 0.419. The summed E-state index contributed by atoms with van der Waals surface area (Å²) in [5.41, 5.74) is 0. The summed E-state index contributed by atoms with van der Waals surface area (Å²) in [6, 6.07) is 0. The fraction of sp³-hybridized carbons (Fsp3) is 0. The van der Waals surface area contributed by atoms with Gasteiger partial charge in [0.05, 0.1) is 0 Å². The second-order valence-corrected chi connectivity index (χ2v) is 5.82. The van der Waals surface area contributed by atoms with Crippen LogP contribution in [0.2, 0.25) is 0 Å². The minimum Gasteiger partial charge on any atom is -0.302 e. The maximum Gasteiger partial charge on any atom is 0.490 e. The number of rotatable bonds is 4. The molecule has 0 spiro atoms. The van der Waals surface area contributed by atoms with Gasteiger partial charge in [0.1, 0.15) is 0 Å². The van der Waals surface area contributed by atoms with E-state index >= 15 is 0 Å². The molecule has 0 aliphatic heterocycles. The van der Waals surface area contributed by atoms with Crippen molar-refractivity contribution in [1.29, 1.82) is 0 Å². The molecular formula is H5NiO10P3. The van der Waals surface area contributed by atoms with E-state index in [-0.39, 0.29) is 16.5 Å². The Kier molecular flexibility index (Phi) is 6.55. The fourth-order valence-corrected chi connectivity index (χ4v) is 2.82. The van der Waals surface area contributed by atoms with E-state index in [1.165, 1.54) is 0 Å². The van der Waals surface area contributed by atoms with E-state index in [1.807, 2.05) is 0 Å². The summed E-state index contributed by atoms with van der Waals surface area (Å²) >= 11 is 0. The van der Waals surface area contributed by atoms with E-state index in [0.29, 0.717) is 0 Å². The van der Waals surface area contributed by atoms with Gasteiger partial charge in [-0.05, 0) is 0 Å². The summed E-state index contributed by atoms with van der Waals surface area (Å²) in [6.07, 6.45) is 0. The Balaban J connectivity index is 0. The van der Waals surface area contributed by atoms with Gasteiger partial charge in [-0.15, -0.1) is 0 Å². The Morgan fingerprint density at radius 1 is 0.714 bits per heavy atom. The summed E-state index contributed by atoms with van der Waals surface area (Å²) < 4.78 is 36.4. The van der Waals surface area contributed by atoms with Crippen LogP contribution in [0, 0.1) is 0 Å². The van der Waals surface area contributed by atoms with Crippen molar-refractivity contribution in [3.05, 3.63) is 0 Å². The van der Waals surface area contributed by atoms with E-state index < -0.39 is 23.5 Å². The van der Waals surface area contributed by atoms with Gasteiger partial charge in [-0.3, -0.25) is 0 Å². The predicted molar refractivity (Wildman–Crippen MR) is 36.1 cm³/mol. The minimum absolute atomic E-state index is 0. The Hall–Kier alpha value is 0.904. The van der Waals surface area contributed by atoms with Crippen molar-refractivity contribution in [2.45, 2.75) is 0 Å².